The van der Waals surface area contributed by atoms with E-state index in [0.29, 0.717) is 11.4 Å². The normalized spacial score (nSPS) is 17.5. The molecule has 0 radical (unpaired) electrons. The lowest BCUT2D eigenvalue weighted by atomic mass is 9.84. The van der Waals surface area contributed by atoms with Gasteiger partial charge in [-0.15, -0.1) is 0 Å². The zero-order valence-corrected chi connectivity index (χ0v) is 22.3. The van der Waals surface area contributed by atoms with Crippen molar-refractivity contribution in [2.75, 3.05) is 18.9 Å². The van der Waals surface area contributed by atoms with Crippen molar-refractivity contribution in [2.24, 2.45) is 5.11 Å². The molecule has 0 saturated heterocycles. The highest BCUT2D eigenvalue weighted by Gasteiger charge is 2.33. The van der Waals surface area contributed by atoms with E-state index < -0.39 is 10.0 Å². The number of sulfonamides is 1. The molecule has 0 amide bonds. The molecule has 1 heterocycles. The Labute approximate surface area is 218 Å². The van der Waals surface area contributed by atoms with Gasteiger partial charge in [0.05, 0.1) is 18.3 Å². The van der Waals surface area contributed by atoms with Crippen LogP contribution in [0.3, 0.4) is 0 Å². The first-order valence-corrected chi connectivity index (χ1v) is 13.6. The largest absolute Gasteiger partial charge is 0.488 e. The van der Waals surface area contributed by atoms with Gasteiger partial charge in [-0.3, -0.25) is 0 Å². The van der Waals surface area contributed by atoms with Gasteiger partial charge in [0.25, 0.3) is 0 Å². The molecule has 1 aliphatic heterocycles. The van der Waals surface area contributed by atoms with Crippen molar-refractivity contribution in [1.29, 1.82) is 10.8 Å². The number of hydrogen-bond donors (Lipinski definition) is 2. The van der Waals surface area contributed by atoms with Crippen LogP contribution in [0.4, 0.5) is 11.4 Å². The molecule has 192 valence electrons. The van der Waals surface area contributed by atoms with E-state index in [1.165, 1.54) is 4.31 Å². The highest BCUT2D eigenvalue weighted by atomic mass is 32.2. The van der Waals surface area contributed by atoms with Crippen LogP contribution in [0.15, 0.2) is 64.6 Å². The van der Waals surface area contributed by atoms with Gasteiger partial charge in [-0.25, -0.2) is 13.9 Å². The fourth-order valence-electron chi connectivity index (χ4n) is 4.89. The molecule has 3 aromatic carbocycles. The van der Waals surface area contributed by atoms with E-state index in [9.17, 15) is 13.7 Å². The molecular formula is C28H31N5O3S. The van der Waals surface area contributed by atoms with Gasteiger partial charge < -0.3 is 10.1 Å². The van der Waals surface area contributed by atoms with Crippen LogP contribution < -0.4 is 10.1 Å². The fraction of sp³-hybridized carbons (Fsp3) is 0.321. The van der Waals surface area contributed by atoms with E-state index in [2.05, 4.69) is 16.5 Å². The molecule has 9 heteroatoms. The molecule has 0 spiro atoms. The summed E-state index contributed by atoms with van der Waals surface area (Å²) < 4.78 is 34.5. The first-order chi connectivity index (χ1) is 17.7. The molecule has 1 aliphatic rings. The van der Waals surface area contributed by atoms with Gasteiger partial charge in [-0.05, 0) is 66.8 Å². The van der Waals surface area contributed by atoms with Gasteiger partial charge in [-0.2, -0.15) is 14.7 Å². The minimum Gasteiger partial charge on any atom is -0.488 e. The topological polar surface area (TPSA) is 119 Å². The zero-order valence-electron chi connectivity index (χ0n) is 21.4. The fourth-order valence-corrected chi connectivity index (χ4v) is 6.51. The van der Waals surface area contributed by atoms with E-state index in [1.807, 2.05) is 51.1 Å². The number of nitriles is 1. The van der Waals surface area contributed by atoms with Crippen molar-refractivity contribution in [3.63, 3.8) is 0 Å². The van der Waals surface area contributed by atoms with Crippen molar-refractivity contribution >= 4 is 21.4 Å². The van der Waals surface area contributed by atoms with Crippen LogP contribution >= 0.6 is 0 Å². The number of fused-ring (bicyclic) bond motifs is 1. The number of para-hydroxylation sites is 1. The Morgan fingerprint density at radius 2 is 1.97 bits per heavy atom. The highest BCUT2D eigenvalue weighted by molar-refractivity contribution is 7.89. The number of nitrogens with one attached hydrogen (secondary N) is 2. The molecule has 0 fully saturated rings. The Kier molecular flexibility index (Phi) is 7.62. The van der Waals surface area contributed by atoms with Gasteiger partial charge in [0.1, 0.15) is 22.4 Å². The first-order valence-electron chi connectivity index (χ1n) is 12.1. The number of rotatable bonds is 7. The predicted octanol–water partition coefficient (Wildman–Crippen LogP) is 6.02. The predicted molar refractivity (Wildman–Crippen MR) is 143 cm³/mol. The van der Waals surface area contributed by atoms with Gasteiger partial charge >= 0.3 is 0 Å². The zero-order chi connectivity index (χ0) is 26.7. The monoisotopic (exact) mass is 517 g/mol. The summed E-state index contributed by atoms with van der Waals surface area (Å²) in [6, 6.07) is 18.8. The second-order valence-corrected chi connectivity index (χ2v) is 11.2. The Hall–Kier alpha value is -3.74. The van der Waals surface area contributed by atoms with E-state index in [-0.39, 0.29) is 36.4 Å². The highest BCUT2D eigenvalue weighted by Crippen LogP contribution is 2.39. The van der Waals surface area contributed by atoms with E-state index >= 15 is 0 Å². The lowest BCUT2D eigenvalue weighted by Crippen LogP contribution is -2.35. The van der Waals surface area contributed by atoms with E-state index in [1.54, 1.807) is 31.3 Å². The second kappa shape index (κ2) is 10.7. The van der Waals surface area contributed by atoms with Crippen molar-refractivity contribution in [3.05, 3.63) is 82.4 Å². The van der Waals surface area contributed by atoms with Crippen LogP contribution in [0, 0.1) is 30.7 Å². The van der Waals surface area contributed by atoms with E-state index in [0.717, 1.165) is 33.5 Å². The number of anilines is 1. The van der Waals surface area contributed by atoms with Crippen LogP contribution in [0.5, 0.6) is 5.75 Å². The van der Waals surface area contributed by atoms with Gasteiger partial charge in [0.2, 0.25) is 10.0 Å². The molecule has 2 atom stereocenters. The van der Waals surface area contributed by atoms with E-state index in [4.69, 9.17) is 10.3 Å². The summed E-state index contributed by atoms with van der Waals surface area (Å²) in [7, 11) is -1.99. The summed E-state index contributed by atoms with van der Waals surface area (Å²) >= 11 is 0. The molecule has 3 aromatic rings. The molecule has 4 rings (SSSR count). The molecule has 1 unspecified atom stereocenters. The van der Waals surface area contributed by atoms with Crippen LogP contribution in [0.1, 0.15) is 47.1 Å². The average molecular weight is 518 g/mol. The number of aryl methyl sites for hydroxylation is 1. The molecule has 0 aliphatic carbocycles. The molecule has 8 nitrogen and oxygen atoms in total. The third-order valence-corrected chi connectivity index (χ3v) is 8.75. The molecule has 0 aromatic heterocycles. The smallest absolute Gasteiger partial charge is 0.247 e. The van der Waals surface area contributed by atoms with Gasteiger partial charge in [0, 0.05) is 25.9 Å². The average Bonchev–Trinajstić information content (AvgIpc) is 2.97. The summed E-state index contributed by atoms with van der Waals surface area (Å²) in [6.45, 7) is 6.14. The van der Waals surface area contributed by atoms with Gasteiger partial charge in [-0.1, -0.05) is 36.4 Å². The quantitative estimate of drug-likeness (QED) is 0.371. The minimum atomic E-state index is -3.77. The Bertz CT molecular complexity index is 1480. The van der Waals surface area contributed by atoms with Crippen LogP contribution in [0.25, 0.3) is 0 Å². The van der Waals surface area contributed by atoms with Crippen molar-refractivity contribution in [3.8, 4) is 11.8 Å². The number of ether oxygens (including phenoxy) is 1. The van der Waals surface area contributed by atoms with Crippen LogP contribution in [-0.2, 0) is 16.6 Å². The maximum absolute atomic E-state index is 13.6. The molecule has 37 heavy (non-hydrogen) atoms. The summed E-state index contributed by atoms with van der Waals surface area (Å²) in [5.74, 6) is 0.118. The maximum Gasteiger partial charge on any atom is 0.247 e. The number of benzene rings is 3. The SMILES string of the molecule is CNc1ccc(C(CC#N)c2ccc(C)c(CN3C[C@@H](C)Oc4ccccc4S3(=O)=O)c2)c(C)c1N=N. The standard InChI is InChI=1S/C28H31N5O3S/c1-18-9-10-21(24(13-14-29)23-11-12-25(31-4)28(32-30)20(23)3)15-22(18)17-33-16-19(2)36-26-7-5-6-8-27(26)37(33,34)35/h5-12,15,19,24,30-31H,13,16-17H2,1-4H3/t19-,24?/m1/s1. The van der Waals surface area contributed by atoms with Crippen molar-refractivity contribution in [1.82, 2.24) is 4.31 Å². The lowest BCUT2D eigenvalue weighted by Gasteiger charge is -2.24. The Morgan fingerprint density at radius 1 is 1.22 bits per heavy atom. The third-order valence-electron chi connectivity index (χ3n) is 6.90. The third kappa shape index (κ3) is 5.08. The Balaban J connectivity index is 1.75. The number of hydrogen-bond acceptors (Lipinski definition) is 7. The first kappa shape index (κ1) is 26.3. The number of nitrogens with zero attached hydrogens (tertiary/aromatic N) is 3. The van der Waals surface area contributed by atoms with Crippen molar-refractivity contribution < 1.29 is 13.2 Å². The van der Waals surface area contributed by atoms with Crippen LogP contribution in [0.2, 0.25) is 0 Å². The summed E-state index contributed by atoms with van der Waals surface area (Å²) in [6.07, 6.45) is -0.0754. The summed E-state index contributed by atoms with van der Waals surface area (Å²) in [5, 5.41) is 16.4. The summed E-state index contributed by atoms with van der Waals surface area (Å²) in [5.41, 5.74) is 13.4. The van der Waals surface area contributed by atoms with Crippen LogP contribution in [-0.4, -0.2) is 32.4 Å². The maximum atomic E-state index is 13.6. The Morgan fingerprint density at radius 3 is 2.68 bits per heavy atom. The van der Waals surface area contributed by atoms with Gasteiger partial charge in [0.15, 0.2) is 0 Å². The molecular weight excluding hydrogens is 486 g/mol. The summed E-state index contributed by atoms with van der Waals surface area (Å²) in [4.78, 5) is 0.169. The van der Waals surface area contributed by atoms with Crippen molar-refractivity contribution in [2.45, 2.75) is 50.7 Å². The molecule has 0 bridgehead atoms. The molecule has 2 N–H and O–H groups in total. The second-order valence-electron chi connectivity index (χ2n) is 9.31. The minimum absolute atomic E-state index is 0.169. The lowest BCUT2D eigenvalue weighted by molar-refractivity contribution is 0.190. The molecule has 0 saturated carbocycles.